The third kappa shape index (κ3) is 1.88. The molecule has 4 heteroatoms. The number of nitrogens with one attached hydrogen (secondary N) is 1. The third-order valence-electron chi connectivity index (χ3n) is 2.30. The van der Waals surface area contributed by atoms with Gasteiger partial charge < -0.3 is 5.32 Å². The van der Waals surface area contributed by atoms with Crippen LogP contribution in [0.5, 0.6) is 0 Å². The molecule has 70 valence electrons. The van der Waals surface area contributed by atoms with Crippen LogP contribution in [0.25, 0.3) is 0 Å². The number of hydrogen-bond acceptors (Lipinski definition) is 3. The van der Waals surface area contributed by atoms with Crippen molar-refractivity contribution >= 4 is 22.4 Å². The highest BCUT2D eigenvalue weighted by Gasteiger charge is 2.39. The largest absolute Gasteiger partial charge is 0.302 e. The Morgan fingerprint density at radius 1 is 1.77 bits per heavy atom. The number of amides is 1. The third-order valence-corrected chi connectivity index (χ3v) is 3.17. The zero-order valence-electron chi connectivity index (χ0n) is 7.70. The van der Waals surface area contributed by atoms with Crippen molar-refractivity contribution in [2.45, 2.75) is 20.3 Å². The predicted molar refractivity (Wildman–Crippen MR) is 52.8 cm³/mol. The van der Waals surface area contributed by atoms with Gasteiger partial charge in [-0.2, -0.15) is 0 Å². The number of nitrogens with zero attached hydrogens (tertiary/aromatic N) is 1. The Labute approximate surface area is 81.2 Å². The fourth-order valence-electron chi connectivity index (χ4n) is 1.30. The number of anilines is 1. The van der Waals surface area contributed by atoms with Gasteiger partial charge in [0, 0.05) is 11.3 Å². The minimum absolute atomic E-state index is 0.127. The molecule has 2 rings (SSSR count). The van der Waals surface area contributed by atoms with Crippen molar-refractivity contribution in [2.75, 3.05) is 5.32 Å². The van der Waals surface area contributed by atoms with Gasteiger partial charge in [0.2, 0.25) is 5.91 Å². The van der Waals surface area contributed by atoms with E-state index in [4.69, 9.17) is 0 Å². The maximum absolute atomic E-state index is 11.4. The van der Waals surface area contributed by atoms with Gasteiger partial charge in [-0.25, -0.2) is 4.98 Å². The molecule has 0 unspecified atom stereocenters. The summed E-state index contributed by atoms with van der Waals surface area (Å²) in [6, 6.07) is 0. The molecule has 1 aromatic rings. The smallest absolute Gasteiger partial charge is 0.229 e. The zero-order valence-corrected chi connectivity index (χ0v) is 8.52. The minimum atomic E-state index is 0.127. The molecule has 0 aromatic carbocycles. The number of thiazole rings is 1. The van der Waals surface area contributed by atoms with Crippen molar-refractivity contribution in [3.63, 3.8) is 0 Å². The average Bonchev–Trinajstić information content (AvgIpc) is 2.66. The van der Waals surface area contributed by atoms with Gasteiger partial charge in [-0.05, 0) is 19.3 Å². The molecule has 13 heavy (non-hydrogen) atoms. The summed E-state index contributed by atoms with van der Waals surface area (Å²) >= 11 is 1.48. The Morgan fingerprint density at radius 3 is 2.92 bits per heavy atom. The highest BCUT2D eigenvalue weighted by Crippen LogP contribution is 2.38. The van der Waals surface area contributed by atoms with Gasteiger partial charge in [0.05, 0.1) is 5.69 Å². The molecule has 1 N–H and O–H groups in total. The van der Waals surface area contributed by atoms with Gasteiger partial charge in [-0.1, -0.05) is 6.92 Å². The quantitative estimate of drug-likeness (QED) is 0.786. The second-order valence-corrected chi connectivity index (χ2v) is 4.46. The fraction of sp³-hybridized carbons (Fsp3) is 0.556. The van der Waals surface area contributed by atoms with E-state index in [9.17, 15) is 4.79 Å². The van der Waals surface area contributed by atoms with E-state index in [1.54, 1.807) is 0 Å². The lowest BCUT2D eigenvalue weighted by molar-refractivity contribution is -0.117. The summed E-state index contributed by atoms with van der Waals surface area (Å²) in [7, 11) is 0. The summed E-state index contributed by atoms with van der Waals surface area (Å²) < 4.78 is 0. The molecule has 1 amide bonds. The molecule has 2 atom stereocenters. The summed E-state index contributed by atoms with van der Waals surface area (Å²) in [6.45, 7) is 4.02. The van der Waals surface area contributed by atoms with Gasteiger partial charge in [0.25, 0.3) is 0 Å². The maximum atomic E-state index is 11.4. The molecule has 1 saturated carbocycles. The topological polar surface area (TPSA) is 42.0 Å². The van der Waals surface area contributed by atoms with Gasteiger partial charge in [0.15, 0.2) is 5.13 Å². The molecular weight excluding hydrogens is 184 g/mol. The van der Waals surface area contributed by atoms with Crippen molar-refractivity contribution < 1.29 is 4.79 Å². The van der Waals surface area contributed by atoms with Crippen LogP contribution in [0.1, 0.15) is 19.0 Å². The van der Waals surface area contributed by atoms with Crippen LogP contribution < -0.4 is 5.32 Å². The lowest BCUT2D eigenvalue weighted by atomic mass is 10.3. The highest BCUT2D eigenvalue weighted by molar-refractivity contribution is 7.13. The standard InChI is InChI=1S/C9H12N2OS/c1-5-3-7(5)8(12)11-9-10-6(2)4-13-9/h4-5,7H,3H2,1-2H3,(H,10,11,12)/t5-,7-/m1/s1. The Morgan fingerprint density at radius 2 is 2.46 bits per heavy atom. The summed E-state index contributed by atoms with van der Waals surface area (Å²) in [4.78, 5) is 15.6. The first-order valence-corrected chi connectivity index (χ1v) is 5.28. The second-order valence-electron chi connectivity index (χ2n) is 3.60. The van der Waals surface area contributed by atoms with Crippen LogP contribution in [-0.4, -0.2) is 10.9 Å². The van der Waals surface area contributed by atoms with Crippen LogP contribution >= 0.6 is 11.3 Å². The Balaban J connectivity index is 1.95. The fourth-order valence-corrected chi connectivity index (χ4v) is 1.99. The normalized spacial score (nSPS) is 25.7. The zero-order chi connectivity index (χ0) is 9.42. The molecule has 0 aliphatic heterocycles. The van der Waals surface area contributed by atoms with E-state index >= 15 is 0 Å². The monoisotopic (exact) mass is 196 g/mol. The van der Waals surface area contributed by atoms with Crippen LogP contribution in [0.4, 0.5) is 5.13 Å². The van der Waals surface area contributed by atoms with Crippen molar-refractivity contribution in [1.82, 2.24) is 4.98 Å². The van der Waals surface area contributed by atoms with Crippen molar-refractivity contribution in [3.8, 4) is 0 Å². The number of carbonyl (C=O) groups is 1. The molecule has 0 radical (unpaired) electrons. The van der Waals surface area contributed by atoms with E-state index in [2.05, 4.69) is 17.2 Å². The van der Waals surface area contributed by atoms with Crippen molar-refractivity contribution in [1.29, 1.82) is 0 Å². The van der Waals surface area contributed by atoms with Crippen molar-refractivity contribution in [2.24, 2.45) is 11.8 Å². The molecule has 1 aliphatic rings. The highest BCUT2D eigenvalue weighted by atomic mass is 32.1. The van der Waals surface area contributed by atoms with Gasteiger partial charge in [0.1, 0.15) is 0 Å². The summed E-state index contributed by atoms with van der Waals surface area (Å²) in [6.07, 6.45) is 1.02. The molecule has 1 aromatic heterocycles. The number of aryl methyl sites for hydroxylation is 1. The Hall–Kier alpha value is -0.900. The first-order chi connectivity index (χ1) is 6.16. The number of rotatable bonds is 2. The molecule has 1 aliphatic carbocycles. The summed E-state index contributed by atoms with van der Waals surface area (Å²) in [5.74, 6) is 0.909. The van der Waals surface area contributed by atoms with Crippen LogP contribution in [0.2, 0.25) is 0 Å². The molecule has 1 heterocycles. The Bertz CT molecular complexity index is 334. The summed E-state index contributed by atoms with van der Waals surface area (Å²) in [5, 5.41) is 5.48. The SMILES string of the molecule is Cc1csc(NC(=O)[C@@H]2C[C@H]2C)n1. The van der Waals surface area contributed by atoms with E-state index in [1.807, 2.05) is 12.3 Å². The van der Waals surface area contributed by atoms with Crippen LogP contribution in [0.3, 0.4) is 0 Å². The number of aromatic nitrogens is 1. The van der Waals surface area contributed by atoms with E-state index in [1.165, 1.54) is 11.3 Å². The van der Waals surface area contributed by atoms with Crippen LogP contribution in [0, 0.1) is 18.8 Å². The van der Waals surface area contributed by atoms with Gasteiger partial charge in [-0.3, -0.25) is 4.79 Å². The first kappa shape index (κ1) is 8.69. The number of carbonyl (C=O) groups excluding carboxylic acids is 1. The predicted octanol–water partition coefficient (Wildman–Crippen LogP) is 2.05. The molecule has 0 saturated heterocycles. The lowest BCUT2D eigenvalue weighted by Gasteiger charge is -1.98. The Kier molecular flexibility index (Phi) is 2.07. The summed E-state index contributed by atoms with van der Waals surface area (Å²) in [5.41, 5.74) is 0.962. The van der Waals surface area contributed by atoms with E-state index in [-0.39, 0.29) is 11.8 Å². The van der Waals surface area contributed by atoms with E-state index < -0.39 is 0 Å². The maximum Gasteiger partial charge on any atom is 0.229 e. The van der Waals surface area contributed by atoms with Gasteiger partial charge in [-0.15, -0.1) is 11.3 Å². The first-order valence-electron chi connectivity index (χ1n) is 4.40. The molecule has 0 spiro atoms. The second kappa shape index (κ2) is 3.10. The molecule has 3 nitrogen and oxygen atoms in total. The molecule has 1 fully saturated rings. The van der Waals surface area contributed by atoms with Crippen LogP contribution in [0.15, 0.2) is 5.38 Å². The van der Waals surface area contributed by atoms with Gasteiger partial charge >= 0.3 is 0 Å². The average molecular weight is 196 g/mol. The van der Waals surface area contributed by atoms with E-state index in [0.717, 1.165) is 17.2 Å². The van der Waals surface area contributed by atoms with E-state index in [0.29, 0.717) is 5.92 Å². The molecule has 0 bridgehead atoms. The minimum Gasteiger partial charge on any atom is -0.302 e. The number of hydrogen-bond donors (Lipinski definition) is 1. The van der Waals surface area contributed by atoms with Crippen LogP contribution in [-0.2, 0) is 4.79 Å². The van der Waals surface area contributed by atoms with Crippen molar-refractivity contribution in [3.05, 3.63) is 11.1 Å². The molecular formula is C9H12N2OS. The lowest BCUT2D eigenvalue weighted by Crippen LogP contribution is -2.14.